The van der Waals surface area contributed by atoms with Crippen LogP contribution in [0.4, 0.5) is 13.2 Å². The van der Waals surface area contributed by atoms with Gasteiger partial charge in [-0.25, -0.2) is 0 Å². The third-order valence-electron chi connectivity index (χ3n) is 2.95. The Labute approximate surface area is 112 Å². The Kier molecular flexibility index (Phi) is 2.89. The van der Waals surface area contributed by atoms with Crippen molar-refractivity contribution in [2.75, 3.05) is 0 Å². The maximum absolute atomic E-state index is 12.2. The van der Waals surface area contributed by atoms with Gasteiger partial charge in [0.15, 0.2) is 0 Å². The minimum atomic E-state index is -4.68. The molecule has 20 heavy (non-hydrogen) atoms. The Morgan fingerprint density at radius 2 is 1.70 bits per heavy atom. The lowest BCUT2D eigenvalue weighted by atomic mass is 10.0. The second-order valence-corrected chi connectivity index (χ2v) is 4.36. The van der Waals surface area contributed by atoms with Gasteiger partial charge in [0.05, 0.1) is 0 Å². The molecule has 0 aliphatic heterocycles. The van der Waals surface area contributed by atoms with Crippen molar-refractivity contribution in [2.45, 2.75) is 6.36 Å². The SMILES string of the molecule is FC(F)(F)Oc1cccc(-c2ccc3[nH]ccc3c2)c1. The monoisotopic (exact) mass is 277 g/mol. The van der Waals surface area contributed by atoms with E-state index < -0.39 is 6.36 Å². The molecule has 0 bridgehead atoms. The van der Waals surface area contributed by atoms with Gasteiger partial charge in [-0.3, -0.25) is 0 Å². The minimum absolute atomic E-state index is 0.218. The number of aromatic nitrogens is 1. The average molecular weight is 277 g/mol. The van der Waals surface area contributed by atoms with E-state index in [1.54, 1.807) is 6.07 Å². The van der Waals surface area contributed by atoms with Crippen LogP contribution in [-0.2, 0) is 0 Å². The summed E-state index contributed by atoms with van der Waals surface area (Å²) in [5.41, 5.74) is 2.50. The van der Waals surface area contributed by atoms with E-state index in [4.69, 9.17) is 0 Å². The molecule has 102 valence electrons. The lowest BCUT2D eigenvalue weighted by Gasteiger charge is -2.10. The van der Waals surface area contributed by atoms with Gasteiger partial charge in [-0.1, -0.05) is 18.2 Å². The molecule has 5 heteroatoms. The van der Waals surface area contributed by atoms with Crippen molar-refractivity contribution in [2.24, 2.45) is 0 Å². The number of alkyl halides is 3. The summed E-state index contributed by atoms with van der Waals surface area (Å²) in [6.45, 7) is 0. The highest BCUT2D eigenvalue weighted by Gasteiger charge is 2.31. The van der Waals surface area contributed by atoms with Crippen LogP contribution in [0, 0.1) is 0 Å². The van der Waals surface area contributed by atoms with Crippen LogP contribution >= 0.6 is 0 Å². The van der Waals surface area contributed by atoms with Crippen LogP contribution in [0.5, 0.6) is 5.75 Å². The predicted molar refractivity (Wildman–Crippen MR) is 70.4 cm³/mol. The molecule has 2 aromatic carbocycles. The summed E-state index contributed by atoms with van der Waals surface area (Å²) in [6, 6.07) is 13.5. The van der Waals surface area contributed by atoms with Gasteiger partial charge >= 0.3 is 6.36 Å². The minimum Gasteiger partial charge on any atom is -0.406 e. The van der Waals surface area contributed by atoms with Gasteiger partial charge < -0.3 is 9.72 Å². The molecule has 0 atom stereocenters. The number of benzene rings is 2. The molecule has 0 aliphatic rings. The smallest absolute Gasteiger partial charge is 0.406 e. The van der Waals surface area contributed by atoms with Crippen LogP contribution in [0.15, 0.2) is 54.7 Å². The van der Waals surface area contributed by atoms with Crippen molar-refractivity contribution in [3.05, 3.63) is 54.7 Å². The zero-order chi connectivity index (χ0) is 14.2. The molecule has 1 heterocycles. The number of nitrogens with one attached hydrogen (secondary N) is 1. The molecular formula is C15H10F3NO. The lowest BCUT2D eigenvalue weighted by molar-refractivity contribution is -0.274. The molecule has 2 nitrogen and oxygen atoms in total. The zero-order valence-corrected chi connectivity index (χ0v) is 10.2. The number of hydrogen-bond donors (Lipinski definition) is 1. The summed E-state index contributed by atoms with van der Waals surface area (Å²) in [5, 5.41) is 1.00. The molecule has 0 radical (unpaired) electrons. The molecule has 0 spiro atoms. The molecule has 3 rings (SSSR count). The molecule has 0 saturated carbocycles. The van der Waals surface area contributed by atoms with E-state index in [2.05, 4.69) is 9.72 Å². The average Bonchev–Trinajstić information content (AvgIpc) is 2.84. The maximum Gasteiger partial charge on any atom is 0.573 e. The van der Waals surface area contributed by atoms with Crippen LogP contribution in [0.1, 0.15) is 0 Å². The predicted octanol–water partition coefficient (Wildman–Crippen LogP) is 4.73. The Morgan fingerprint density at radius 3 is 2.50 bits per heavy atom. The van der Waals surface area contributed by atoms with Crippen molar-refractivity contribution in [1.29, 1.82) is 0 Å². The fraction of sp³-hybridized carbons (Fsp3) is 0.0667. The molecule has 0 unspecified atom stereocenters. The first kappa shape index (κ1) is 12.6. The number of aromatic amines is 1. The molecule has 1 N–H and O–H groups in total. The van der Waals surface area contributed by atoms with Gasteiger partial charge in [-0.2, -0.15) is 0 Å². The lowest BCUT2D eigenvalue weighted by Crippen LogP contribution is -2.17. The third kappa shape index (κ3) is 2.61. The first-order chi connectivity index (χ1) is 9.51. The summed E-state index contributed by atoms with van der Waals surface area (Å²) < 4.78 is 40.6. The van der Waals surface area contributed by atoms with E-state index in [1.165, 1.54) is 18.2 Å². The maximum atomic E-state index is 12.2. The highest BCUT2D eigenvalue weighted by molar-refractivity contribution is 5.85. The first-order valence-corrected chi connectivity index (χ1v) is 5.95. The normalized spacial score (nSPS) is 11.8. The summed E-state index contributed by atoms with van der Waals surface area (Å²) >= 11 is 0. The Morgan fingerprint density at radius 1 is 0.900 bits per heavy atom. The van der Waals surface area contributed by atoms with Crippen molar-refractivity contribution in [3.8, 4) is 16.9 Å². The van der Waals surface area contributed by atoms with Crippen LogP contribution < -0.4 is 4.74 Å². The van der Waals surface area contributed by atoms with Crippen molar-refractivity contribution >= 4 is 10.9 Å². The van der Waals surface area contributed by atoms with E-state index in [0.717, 1.165) is 16.5 Å². The number of H-pyrrole nitrogens is 1. The molecule has 0 saturated heterocycles. The number of hydrogen-bond acceptors (Lipinski definition) is 1. The zero-order valence-electron chi connectivity index (χ0n) is 10.2. The second-order valence-electron chi connectivity index (χ2n) is 4.36. The Hall–Kier alpha value is -2.43. The van der Waals surface area contributed by atoms with Gasteiger partial charge in [0.25, 0.3) is 0 Å². The number of halogens is 3. The first-order valence-electron chi connectivity index (χ1n) is 5.95. The van der Waals surface area contributed by atoms with Gasteiger partial charge in [0.2, 0.25) is 0 Å². The van der Waals surface area contributed by atoms with Crippen LogP contribution in [0.2, 0.25) is 0 Å². The fourth-order valence-corrected chi connectivity index (χ4v) is 2.11. The van der Waals surface area contributed by atoms with E-state index in [0.29, 0.717) is 5.56 Å². The van der Waals surface area contributed by atoms with Crippen molar-refractivity contribution in [1.82, 2.24) is 4.98 Å². The fourth-order valence-electron chi connectivity index (χ4n) is 2.11. The van der Waals surface area contributed by atoms with Crippen LogP contribution in [0.3, 0.4) is 0 Å². The summed E-state index contributed by atoms with van der Waals surface area (Å²) in [7, 11) is 0. The van der Waals surface area contributed by atoms with E-state index in [-0.39, 0.29) is 5.75 Å². The second kappa shape index (κ2) is 4.59. The Bertz CT molecular complexity index is 746. The van der Waals surface area contributed by atoms with Gasteiger partial charge in [-0.15, -0.1) is 13.2 Å². The van der Waals surface area contributed by atoms with Gasteiger partial charge in [-0.05, 0) is 46.8 Å². The number of rotatable bonds is 2. The molecule has 0 fully saturated rings. The molecule has 0 amide bonds. The molecule has 0 aliphatic carbocycles. The quantitative estimate of drug-likeness (QED) is 0.719. The number of ether oxygens (including phenoxy) is 1. The van der Waals surface area contributed by atoms with Crippen LogP contribution in [0.25, 0.3) is 22.0 Å². The van der Waals surface area contributed by atoms with Gasteiger partial charge in [0, 0.05) is 11.7 Å². The highest BCUT2D eigenvalue weighted by Crippen LogP contribution is 2.29. The molecular weight excluding hydrogens is 267 g/mol. The Balaban J connectivity index is 1.98. The van der Waals surface area contributed by atoms with Crippen LogP contribution in [-0.4, -0.2) is 11.3 Å². The number of fused-ring (bicyclic) bond motifs is 1. The summed E-state index contributed by atoms with van der Waals surface area (Å²) in [6.07, 6.45) is -2.86. The highest BCUT2D eigenvalue weighted by atomic mass is 19.4. The van der Waals surface area contributed by atoms with Crippen molar-refractivity contribution < 1.29 is 17.9 Å². The van der Waals surface area contributed by atoms with Gasteiger partial charge in [0.1, 0.15) is 5.75 Å². The van der Waals surface area contributed by atoms with E-state index >= 15 is 0 Å². The van der Waals surface area contributed by atoms with Crippen molar-refractivity contribution in [3.63, 3.8) is 0 Å². The summed E-state index contributed by atoms with van der Waals surface area (Å²) in [5.74, 6) is -0.218. The van der Waals surface area contributed by atoms with E-state index in [9.17, 15) is 13.2 Å². The van der Waals surface area contributed by atoms with E-state index in [1.807, 2.05) is 30.5 Å². The summed E-state index contributed by atoms with van der Waals surface area (Å²) in [4.78, 5) is 3.07. The molecule has 1 aromatic heterocycles. The largest absolute Gasteiger partial charge is 0.573 e. The topological polar surface area (TPSA) is 25.0 Å². The standard InChI is InChI=1S/C15H10F3NO/c16-15(17,18)20-13-3-1-2-10(9-13)11-4-5-14-12(8-11)6-7-19-14/h1-9,19H. The molecule has 3 aromatic rings. The third-order valence-corrected chi connectivity index (χ3v) is 2.95.